The lowest BCUT2D eigenvalue weighted by Gasteiger charge is -2.42. The van der Waals surface area contributed by atoms with E-state index in [1.165, 1.54) is 12.8 Å². The van der Waals surface area contributed by atoms with E-state index in [2.05, 4.69) is 37.9 Å². The van der Waals surface area contributed by atoms with Crippen molar-refractivity contribution in [1.82, 2.24) is 10.2 Å². The number of hydrogen-bond acceptors (Lipinski definition) is 4. The third-order valence-electron chi connectivity index (χ3n) is 4.97. The average Bonchev–Trinajstić information content (AvgIpc) is 3.16. The monoisotopic (exact) mass is 296 g/mol. The Balaban J connectivity index is 2.23. The maximum Gasteiger partial charge on any atom is 0.327 e. The standard InChI is InChI=1S/C17H32N2O2/c1-6-21-15(20)17(14-8-9-14,18-13(2)3)12-19-11-7-10-16(19,4)5/h13-14,18H,6-12H2,1-5H3. The van der Waals surface area contributed by atoms with Gasteiger partial charge in [-0.2, -0.15) is 0 Å². The zero-order chi connectivity index (χ0) is 15.7. The van der Waals surface area contributed by atoms with Crippen LogP contribution in [0.1, 0.15) is 60.3 Å². The number of rotatable bonds is 7. The normalized spacial score (nSPS) is 25.0. The fourth-order valence-corrected chi connectivity index (χ4v) is 3.69. The summed E-state index contributed by atoms with van der Waals surface area (Å²) in [4.78, 5) is 15.3. The van der Waals surface area contributed by atoms with Crippen molar-refractivity contribution in [2.24, 2.45) is 5.92 Å². The fraction of sp³-hybridized carbons (Fsp3) is 0.941. The number of likely N-dealkylation sites (tertiary alicyclic amines) is 1. The summed E-state index contributed by atoms with van der Waals surface area (Å²) in [7, 11) is 0. The molecule has 1 heterocycles. The lowest BCUT2D eigenvalue weighted by Crippen LogP contribution is -2.64. The highest BCUT2D eigenvalue weighted by atomic mass is 16.5. The Morgan fingerprint density at radius 2 is 2.10 bits per heavy atom. The van der Waals surface area contributed by atoms with Crippen molar-refractivity contribution in [3.63, 3.8) is 0 Å². The minimum atomic E-state index is -0.522. The van der Waals surface area contributed by atoms with Crippen LogP contribution < -0.4 is 5.32 Å². The largest absolute Gasteiger partial charge is 0.465 e. The quantitative estimate of drug-likeness (QED) is 0.733. The van der Waals surface area contributed by atoms with Gasteiger partial charge in [-0.3, -0.25) is 10.2 Å². The Morgan fingerprint density at radius 1 is 1.43 bits per heavy atom. The van der Waals surface area contributed by atoms with Crippen molar-refractivity contribution < 1.29 is 9.53 Å². The molecule has 1 saturated heterocycles. The molecular weight excluding hydrogens is 264 g/mol. The van der Waals surface area contributed by atoms with Gasteiger partial charge in [-0.1, -0.05) is 0 Å². The molecule has 1 atom stereocenters. The third-order valence-corrected chi connectivity index (χ3v) is 4.97. The maximum absolute atomic E-state index is 12.8. The van der Waals surface area contributed by atoms with Gasteiger partial charge >= 0.3 is 5.97 Å². The van der Waals surface area contributed by atoms with Crippen LogP contribution in [-0.4, -0.2) is 47.7 Å². The lowest BCUT2D eigenvalue weighted by atomic mass is 9.89. The smallest absolute Gasteiger partial charge is 0.327 e. The van der Waals surface area contributed by atoms with Gasteiger partial charge in [0.2, 0.25) is 0 Å². The second-order valence-corrected chi connectivity index (χ2v) is 7.60. The van der Waals surface area contributed by atoms with Crippen LogP contribution in [-0.2, 0) is 9.53 Å². The van der Waals surface area contributed by atoms with Crippen molar-refractivity contribution in [2.75, 3.05) is 19.7 Å². The van der Waals surface area contributed by atoms with E-state index in [-0.39, 0.29) is 17.6 Å². The number of hydrogen-bond donors (Lipinski definition) is 1. The molecule has 2 aliphatic rings. The Labute approximate surface area is 129 Å². The van der Waals surface area contributed by atoms with E-state index < -0.39 is 5.54 Å². The van der Waals surface area contributed by atoms with Gasteiger partial charge in [0.25, 0.3) is 0 Å². The highest BCUT2D eigenvalue weighted by molar-refractivity contribution is 5.82. The van der Waals surface area contributed by atoms with Gasteiger partial charge in [-0.15, -0.1) is 0 Å². The molecular formula is C17H32N2O2. The van der Waals surface area contributed by atoms with Gasteiger partial charge in [-0.25, -0.2) is 4.79 Å². The van der Waals surface area contributed by atoms with Crippen LogP contribution in [0.5, 0.6) is 0 Å². The van der Waals surface area contributed by atoms with Crippen LogP contribution in [0.25, 0.3) is 0 Å². The summed E-state index contributed by atoms with van der Waals surface area (Å²) in [5, 5.41) is 3.59. The second kappa shape index (κ2) is 6.25. The zero-order valence-electron chi connectivity index (χ0n) is 14.4. The SMILES string of the molecule is CCOC(=O)C(CN1CCCC1(C)C)(NC(C)C)C1CC1. The minimum Gasteiger partial charge on any atom is -0.465 e. The molecule has 21 heavy (non-hydrogen) atoms. The van der Waals surface area contributed by atoms with E-state index in [0.29, 0.717) is 12.5 Å². The topological polar surface area (TPSA) is 41.6 Å². The third kappa shape index (κ3) is 3.59. The first kappa shape index (κ1) is 16.8. The molecule has 1 aliphatic carbocycles. The summed E-state index contributed by atoms with van der Waals surface area (Å²) in [5.41, 5.74) is -0.336. The molecule has 1 saturated carbocycles. The fourth-order valence-electron chi connectivity index (χ4n) is 3.69. The summed E-state index contributed by atoms with van der Waals surface area (Å²) in [6.45, 7) is 13.0. The van der Waals surface area contributed by atoms with Gasteiger partial charge in [0.05, 0.1) is 6.61 Å². The van der Waals surface area contributed by atoms with Crippen LogP contribution in [0.15, 0.2) is 0 Å². The predicted molar refractivity (Wildman–Crippen MR) is 85.2 cm³/mol. The van der Waals surface area contributed by atoms with Gasteiger partial charge in [0, 0.05) is 18.1 Å². The van der Waals surface area contributed by atoms with Crippen molar-refractivity contribution in [1.29, 1.82) is 0 Å². The van der Waals surface area contributed by atoms with Crippen molar-refractivity contribution in [3.05, 3.63) is 0 Å². The molecule has 1 aliphatic heterocycles. The molecule has 0 aromatic heterocycles. The highest BCUT2D eigenvalue weighted by Gasteiger charge is 2.54. The van der Waals surface area contributed by atoms with Crippen LogP contribution >= 0.6 is 0 Å². The predicted octanol–water partition coefficient (Wildman–Crippen LogP) is 2.57. The van der Waals surface area contributed by atoms with Gasteiger partial charge in [0.1, 0.15) is 5.54 Å². The van der Waals surface area contributed by atoms with E-state index in [9.17, 15) is 4.79 Å². The van der Waals surface area contributed by atoms with Crippen molar-refractivity contribution in [3.8, 4) is 0 Å². The van der Waals surface area contributed by atoms with Crippen molar-refractivity contribution in [2.45, 2.75) is 77.4 Å². The molecule has 0 spiro atoms. The van der Waals surface area contributed by atoms with Gasteiger partial charge in [0.15, 0.2) is 0 Å². The number of nitrogens with one attached hydrogen (secondary N) is 1. The highest BCUT2D eigenvalue weighted by Crippen LogP contribution is 2.43. The van der Waals surface area contributed by atoms with Gasteiger partial charge < -0.3 is 4.74 Å². The first-order valence-corrected chi connectivity index (χ1v) is 8.52. The van der Waals surface area contributed by atoms with Crippen LogP contribution in [0, 0.1) is 5.92 Å². The minimum absolute atomic E-state index is 0.0519. The average molecular weight is 296 g/mol. The molecule has 0 amide bonds. The maximum atomic E-state index is 12.8. The summed E-state index contributed by atoms with van der Waals surface area (Å²) >= 11 is 0. The molecule has 0 bridgehead atoms. The van der Waals surface area contributed by atoms with E-state index in [0.717, 1.165) is 25.9 Å². The Bertz CT molecular complexity index is 377. The van der Waals surface area contributed by atoms with E-state index in [4.69, 9.17) is 4.74 Å². The first-order chi connectivity index (χ1) is 9.82. The van der Waals surface area contributed by atoms with Crippen molar-refractivity contribution >= 4 is 5.97 Å². The first-order valence-electron chi connectivity index (χ1n) is 8.52. The Kier molecular flexibility index (Phi) is 4.99. The number of carbonyl (C=O) groups excluding carboxylic acids is 1. The molecule has 1 unspecified atom stereocenters. The lowest BCUT2D eigenvalue weighted by molar-refractivity contribution is -0.154. The van der Waals surface area contributed by atoms with E-state index >= 15 is 0 Å². The number of esters is 1. The summed E-state index contributed by atoms with van der Waals surface area (Å²) in [6, 6.07) is 0.278. The second-order valence-electron chi connectivity index (χ2n) is 7.60. The Morgan fingerprint density at radius 3 is 2.52 bits per heavy atom. The van der Waals surface area contributed by atoms with Crippen LogP contribution in [0.4, 0.5) is 0 Å². The molecule has 4 nitrogen and oxygen atoms in total. The Hall–Kier alpha value is -0.610. The molecule has 1 N–H and O–H groups in total. The molecule has 4 heteroatoms. The summed E-state index contributed by atoms with van der Waals surface area (Å²) in [5.74, 6) is 0.374. The zero-order valence-corrected chi connectivity index (χ0v) is 14.4. The van der Waals surface area contributed by atoms with Crippen LogP contribution in [0.3, 0.4) is 0 Å². The molecule has 2 rings (SSSR count). The van der Waals surface area contributed by atoms with E-state index in [1.54, 1.807) is 0 Å². The number of nitrogens with zero attached hydrogens (tertiary/aromatic N) is 1. The molecule has 0 aromatic rings. The molecule has 2 fully saturated rings. The van der Waals surface area contributed by atoms with Crippen LogP contribution in [0.2, 0.25) is 0 Å². The van der Waals surface area contributed by atoms with Gasteiger partial charge in [-0.05, 0) is 72.8 Å². The molecule has 0 aromatic carbocycles. The molecule has 122 valence electrons. The summed E-state index contributed by atoms with van der Waals surface area (Å²) in [6.07, 6.45) is 4.69. The van der Waals surface area contributed by atoms with E-state index in [1.807, 2.05) is 6.92 Å². The molecule has 0 radical (unpaired) electrons. The number of carbonyl (C=O) groups is 1. The number of ether oxygens (including phenoxy) is 1. The summed E-state index contributed by atoms with van der Waals surface area (Å²) < 4.78 is 5.46.